The van der Waals surface area contributed by atoms with Gasteiger partial charge in [-0.25, -0.2) is 0 Å². The van der Waals surface area contributed by atoms with Crippen molar-refractivity contribution in [1.29, 1.82) is 0 Å². The first-order chi connectivity index (χ1) is 12.7. The number of aliphatic hydroxyl groups excluding tert-OH is 1. The average molecular weight is 389 g/mol. The third kappa shape index (κ3) is 3.73. The first-order valence-electron chi connectivity index (χ1n) is 8.53. The lowest BCUT2D eigenvalue weighted by atomic mass is 10.2. The smallest absolute Gasteiger partial charge is 0.274 e. The van der Waals surface area contributed by atoms with Crippen LogP contribution in [-0.4, -0.2) is 63.7 Å². The number of nitrogens with zero attached hydrogens (tertiary/aromatic N) is 3. The Morgan fingerprint density at radius 2 is 1.96 bits per heavy atom. The number of hydrogen-bond donors (Lipinski definition) is 2. The van der Waals surface area contributed by atoms with E-state index in [2.05, 4.69) is 15.1 Å². The second-order valence-electron chi connectivity index (χ2n) is 6.27. The average Bonchev–Trinajstić information content (AvgIpc) is 3.43. The summed E-state index contributed by atoms with van der Waals surface area (Å²) in [6.45, 7) is 3.43. The van der Waals surface area contributed by atoms with E-state index in [4.69, 9.17) is 0 Å². The molecule has 0 spiro atoms. The molecule has 0 radical (unpaired) electrons. The van der Waals surface area contributed by atoms with Gasteiger partial charge in [-0.3, -0.25) is 14.8 Å². The summed E-state index contributed by atoms with van der Waals surface area (Å²) in [5.41, 5.74) is 1.33. The molecule has 0 bridgehead atoms. The highest BCUT2D eigenvalue weighted by molar-refractivity contribution is 7.13. The van der Waals surface area contributed by atoms with Crippen molar-refractivity contribution in [2.75, 3.05) is 32.7 Å². The van der Waals surface area contributed by atoms with Crippen LogP contribution in [0.3, 0.4) is 0 Å². The summed E-state index contributed by atoms with van der Waals surface area (Å²) < 4.78 is 0. The van der Waals surface area contributed by atoms with Gasteiger partial charge in [0.25, 0.3) is 5.91 Å². The van der Waals surface area contributed by atoms with Crippen LogP contribution in [0.5, 0.6) is 0 Å². The van der Waals surface area contributed by atoms with Gasteiger partial charge in [0, 0.05) is 37.6 Å². The highest BCUT2D eigenvalue weighted by Crippen LogP contribution is 2.24. The number of carbonyl (C=O) groups excluding carboxylic acids is 1. The van der Waals surface area contributed by atoms with E-state index < -0.39 is 6.10 Å². The molecule has 26 heavy (non-hydrogen) atoms. The molecule has 136 valence electrons. The molecule has 6 nitrogen and oxygen atoms in total. The number of carbonyl (C=O) groups is 1. The van der Waals surface area contributed by atoms with Crippen molar-refractivity contribution in [3.05, 3.63) is 51.7 Å². The standard InChI is InChI=1S/C18H20N4O2S2/c23-15(17-4-2-10-26-17)12-21-5-7-22(8-6-21)18(24)14-11-13(19-20-14)16-3-1-9-25-16/h1-4,9-11,15,23H,5-8,12H2,(H,19,20)/t15-/m0/s1. The van der Waals surface area contributed by atoms with E-state index in [1.54, 1.807) is 22.7 Å². The number of β-amino-alcohol motifs (C(OH)–C–C–N with tert-alkyl or cyclic N) is 1. The summed E-state index contributed by atoms with van der Waals surface area (Å²) in [4.78, 5) is 18.8. The van der Waals surface area contributed by atoms with E-state index in [-0.39, 0.29) is 5.91 Å². The van der Waals surface area contributed by atoms with Gasteiger partial charge in [0.2, 0.25) is 0 Å². The summed E-state index contributed by atoms with van der Waals surface area (Å²) in [6, 6.07) is 9.71. The van der Waals surface area contributed by atoms with Crippen LogP contribution < -0.4 is 0 Å². The highest BCUT2D eigenvalue weighted by Gasteiger charge is 2.25. The minimum atomic E-state index is -0.461. The molecule has 1 saturated heterocycles. The second kappa shape index (κ2) is 7.71. The van der Waals surface area contributed by atoms with Crippen LogP contribution in [0.4, 0.5) is 0 Å². The van der Waals surface area contributed by atoms with Crippen LogP contribution in [-0.2, 0) is 0 Å². The van der Waals surface area contributed by atoms with E-state index in [1.807, 2.05) is 46.0 Å². The Kier molecular flexibility index (Phi) is 5.16. The topological polar surface area (TPSA) is 72.5 Å². The van der Waals surface area contributed by atoms with Crippen molar-refractivity contribution in [3.8, 4) is 10.6 Å². The fourth-order valence-corrected chi connectivity index (χ4v) is 4.50. The SMILES string of the molecule is O=C(c1cc(-c2cccs2)[nH]n1)N1CCN(C[C@H](O)c2cccs2)CC1. The number of hydrogen-bond acceptors (Lipinski definition) is 6. The Labute approximate surface area is 159 Å². The Balaban J connectivity index is 1.32. The van der Waals surface area contributed by atoms with Gasteiger partial charge < -0.3 is 10.0 Å². The van der Waals surface area contributed by atoms with Gasteiger partial charge in [-0.15, -0.1) is 22.7 Å². The van der Waals surface area contributed by atoms with Crippen molar-refractivity contribution >= 4 is 28.6 Å². The Morgan fingerprint density at radius 1 is 1.19 bits per heavy atom. The fraction of sp³-hybridized carbons (Fsp3) is 0.333. The molecule has 1 atom stereocenters. The second-order valence-corrected chi connectivity index (χ2v) is 8.20. The molecule has 3 aromatic heterocycles. The third-order valence-corrected chi connectivity index (χ3v) is 6.42. The Hall–Kier alpha value is -2.00. The number of nitrogens with one attached hydrogen (secondary N) is 1. The molecule has 4 heterocycles. The van der Waals surface area contributed by atoms with E-state index in [1.165, 1.54) is 0 Å². The molecule has 0 unspecified atom stereocenters. The maximum absolute atomic E-state index is 12.7. The van der Waals surface area contributed by atoms with Crippen molar-refractivity contribution < 1.29 is 9.90 Å². The van der Waals surface area contributed by atoms with Crippen LogP contribution in [0.2, 0.25) is 0 Å². The largest absolute Gasteiger partial charge is 0.386 e. The van der Waals surface area contributed by atoms with Crippen LogP contribution in [0, 0.1) is 0 Å². The van der Waals surface area contributed by atoms with Gasteiger partial charge in [0.15, 0.2) is 5.69 Å². The Bertz CT molecular complexity index is 837. The molecule has 0 saturated carbocycles. The zero-order chi connectivity index (χ0) is 17.9. The van der Waals surface area contributed by atoms with Crippen LogP contribution in [0.15, 0.2) is 41.1 Å². The molecule has 0 aliphatic carbocycles. The van der Waals surface area contributed by atoms with Crippen molar-refractivity contribution in [2.24, 2.45) is 0 Å². The van der Waals surface area contributed by atoms with E-state index >= 15 is 0 Å². The molecule has 1 fully saturated rings. The summed E-state index contributed by atoms with van der Waals surface area (Å²) in [7, 11) is 0. The lowest BCUT2D eigenvalue weighted by Crippen LogP contribution is -2.49. The van der Waals surface area contributed by atoms with Gasteiger partial charge in [0.05, 0.1) is 10.6 Å². The van der Waals surface area contributed by atoms with Crippen LogP contribution >= 0.6 is 22.7 Å². The minimum absolute atomic E-state index is 0.0393. The number of thiophene rings is 2. The molecule has 8 heteroatoms. The normalized spacial score (nSPS) is 16.7. The predicted octanol–water partition coefficient (Wildman–Crippen LogP) is 2.69. The monoisotopic (exact) mass is 388 g/mol. The van der Waals surface area contributed by atoms with Gasteiger partial charge in [-0.05, 0) is 29.0 Å². The Morgan fingerprint density at radius 3 is 2.65 bits per heavy atom. The number of rotatable bonds is 5. The molecule has 4 rings (SSSR count). The van der Waals surface area contributed by atoms with Crippen LogP contribution in [0.1, 0.15) is 21.5 Å². The zero-order valence-electron chi connectivity index (χ0n) is 14.2. The van der Waals surface area contributed by atoms with Gasteiger partial charge in [-0.2, -0.15) is 5.10 Å². The number of aliphatic hydroxyl groups is 1. The highest BCUT2D eigenvalue weighted by atomic mass is 32.1. The van der Waals surface area contributed by atoms with Crippen molar-refractivity contribution in [2.45, 2.75) is 6.10 Å². The van der Waals surface area contributed by atoms with E-state index in [9.17, 15) is 9.90 Å². The number of H-pyrrole nitrogens is 1. The summed E-state index contributed by atoms with van der Waals surface area (Å²) in [5, 5.41) is 21.4. The lowest BCUT2D eigenvalue weighted by molar-refractivity contribution is 0.0528. The molecule has 1 aliphatic heterocycles. The fourth-order valence-electron chi connectivity index (χ4n) is 3.10. The third-order valence-electron chi connectivity index (χ3n) is 4.55. The van der Waals surface area contributed by atoms with E-state index in [0.717, 1.165) is 28.5 Å². The summed E-state index contributed by atoms with van der Waals surface area (Å²) in [5.74, 6) is -0.0393. The van der Waals surface area contributed by atoms with Gasteiger partial charge >= 0.3 is 0 Å². The predicted molar refractivity (Wildman–Crippen MR) is 104 cm³/mol. The van der Waals surface area contributed by atoms with E-state index in [0.29, 0.717) is 25.3 Å². The molecule has 0 aromatic carbocycles. The summed E-state index contributed by atoms with van der Waals surface area (Å²) in [6.07, 6.45) is -0.461. The number of piperazine rings is 1. The molecule has 1 amide bonds. The molecule has 1 aliphatic rings. The quantitative estimate of drug-likeness (QED) is 0.705. The molecular formula is C18H20N4O2S2. The van der Waals surface area contributed by atoms with Crippen molar-refractivity contribution in [3.63, 3.8) is 0 Å². The minimum Gasteiger partial charge on any atom is -0.386 e. The van der Waals surface area contributed by atoms with Crippen LogP contribution in [0.25, 0.3) is 10.6 Å². The first kappa shape index (κ1) is 17.4. The molecule has 3 aromatic rings. The molecule has 2 N–H and O–H groups in total. The maximum Gasteiger partial charge on any atom is 0.274 e. The van der Waals surface area contributed by atoms with Gasteiger partial charge in [0.1, 0.15) is 6.10 Å². The first-order valence-corrected chi connectivity index (χ1v) is 10.3. The lowest BCUT2D eigenvalue weighted by Gasteiger charge is -2.35. The van der Waals surface area contributed by atoms with Crippen molar-refractivity contribution in [1.82, 2.24) is 20.0 Å². The number of aromatic amines is 1. The zero-order valence-corrected chi connectivity index (χ0v) is 15.8. The van der Waals surface area contributed by atoms with Gasteiger partial charge in [-0.1, -0.05) is 12.1 Å². The summed E-state index contributed by atoms with van der Waals surface area (Å²) >= 11 is 3.19. The molecular weight excluding hydrogens is 368 g/mol. The maximum atomic E-state index is 12.7. The number of aromatic nitrogens is 2. The number of amides is 1.